The Morgan fingerprint density at radius 3 is 2.36 bits per heavy atom. The predicted octanol–water partition coefficient (Wildman–Crippen LogP) is 6.36. The quantitative estimate of drug-likeness (QED) is 0.421. The maximum absolute atomic E-state index is 10.3. The Morgan fingerprint density at radius 1 is 0.972 bits per heavy atom. The molecule has 6 fully saturated rings. The zero-order chi connectivity index (χ0) is 25.9. The second-order valence-electron chi connectivity index (χ2n) is 14.0. The number of carbonyl (C=O) groups excluding carboxylic acids is 1. The molecule has 2 saturated heterocycles. The van der Waals surface area contributed by atoms with Gasteiger partial charge in [0, 0.05) is 19.3 Å². The fraction of sp³-hybridized carbons (Fsp3) is 0.968. The van der Waals surface area contributed by atoms with E-state index in [-0.39, 0.29) is 17.9 Å². The minimum atomic E-state index is -0.282. The van der Waals surface area contributed by atoms with Crippen molar-refractivity contribution in [2.24, 2.45) is 52.3 Å². The summed E-state index contributed by atoms with van der Waals surface area (Å²) in [6.07, 6.45) is 12.9. The molecule has 36 heavy (non-hydrogen) atoms. The van der Waals surface area contributed by atoms with Gasteiger partial charge in [0.2, 0.25) is 0 Å². The van der Waals surface area contributed by atoms with Crippen LogP contribution < -0.4 is 0 Å². The third-order valence-corrected chi connectivity index (χ3v) is 12.3. The molecular formula is C31H52O5. The van der Waals surface area contributed by atoms with Gasteiger partial charge in [-0.1, -0.05) is 27.7 Å². The van der Waals surface area contributed by atoms with Crippen LogP contribution in [0.1, 0.15) is 106 Å². The van der Waals surface area contributed by atoms with E-state index < -0.39 is 0 Å². The molecule has 4 aliphatic carbocycles. The second-order valence-corrected chi connectivity index (χ2v) is 14.0. The van der Waals surface area contributed by atoms with Gasteiger partial charge in [0.15, 0.2) is 5.79 Å². The van der Waals surface area contributed by atoms with Crippen LogP contribution in [0.15, 0.2) is 0 Å². The van der Waals surface area contributed by atoms with Crippen LogP contribution in [0.3, 0.4) is 0 Å². The van der Waals surface area contributed by atoms with Crippen molar-refractivity contribution in [2.75, 3.05) is 13.2 Å². The van der Waals surface area contributed by atoms with Crippen LogP contribution in [-0.4, -0.2) is 42.3 Å². The topological polar surface area (TPSA) is 65.0 Å². The van der Waals surface area contributed by atoms with E-state index in [9.17, 15) is 9.90 Å². The third kappa shape index (κ3) is 4.28. The molecule has 12 atom stereocenters. The van der Waals surface area contributed by atoms with Gasteiger partial charge in [-0.3, -0.25) is 4.79 Å². The van der Waals surface area contributed by atoms with Crippen molar-refractivity contribution in [3.63, 3.8) is 0 Å². The number of aliphatic hydroxyl groups excluding tert-OH is 1. The van der Waals surface area contributed by atoms with Gasteiger partial charge < -0.3 is 19.3 Å². The Morgan fingerprint density at radius 2 is 1.72 bits per heavy atom. The third-order valence-electron chi connectivity index (χ3n) is 12.3. The molecule has 0 aromatic carbocycles. The van der Waals surface area contributed by atoms with Crippen LogP contribution in [0.5, 0.6) is 0 Å². The first kappa shape index (κ1) is 26.9. The summed E-state index contributed by atoms with van der Waals surface area (Å²) in [7, 11) is 0. The van der Waals surface area contributed by atoms with Gasteiger partial charge in [0.1, 0.15) is 0 Å². The highest BCUT2D eigenvalue weighted by molar-refractivity contribution is 5.65. The van der Waals surface area contributed by atoms with Gasteiger partial charge in [-0.2, -0.15) is 0 Å². The normalized spacial score (nSPS) is 53.4. The molecule has 1 N–H and O–H groups in total. The zero-order valence-electron chi connectivity index (χ0n) is 23.8. The smallest absolute Gasteiger partial charge is 0.302 e. The monoisotopic (exact) mass is 504 g/mol. The summed E-state index contributed by atoms with van der Waals surface area (Å²) in [5, 5.41) is 10.3. The molecule has 206 valence electrons. The fourth-order valence-corrected chi connectivity index (χ4v) is 10.5. The van der Waals surface area contributed by atoms with Crippen molar-refractivity contribution in [1.82, 2.24) is 0 Å². The molecule has 5 heteroatoms. The first-order valence-electron chi connectivity index (χ1n) is 15.2. The Bertz CT molecular complexity index is 805. The number of carbonyl (C=O) groups is 1. The lowest BCUT2D eigenvalue weighted by molar-refractivity contribution is -0.273. The summed E-state index contributed by atoms with van der Waals surface area (Å²) >= 11 is 0. The van der Waals surface area contributed by atoms with Crippen LogP contribution in [0.25, 0.3) is 0 Å². The molecule has 6 rings (SSSR count). The number of fused-ring (bicyclic) bond motifs is 7. The van der Waals surface area contributed by atoms with Gasteiger partial charge in [-0.05, 0) is 111 Å². The average Bonchev–Trinajstić information content (AvgIpc) is 3.27. The molecular weight excluding hydrogens is 452 g/mol. The number of hydrogen-bond donors (Lipinski definition) is 1. The highest BCUT2D eigenvalue weighted by atomic mass is 16.7. The molecule has 0 bridgehead atoms. The molecule has 0 aromatic rings. The van der Waals surface area contributed by atoms with Crippen LogP contribution >= 0.6 is 0 Å². The van der Waals surface area contributed by atoms with Crippen molar-refractivity contribution in [1.29, 1.82) is 0 Å². The van der Waals surface area contributed by atoms with Crippen molar-refractivity contribution in [3.05, 3.63) is 0 Å². The van der Waals surface area contributed by atoms with E-state index in [0.29, 0.717) is 41.3 Å². The Kier molecular flexibility index (Phi) is 7.35. The molecule has 5 nitrogen and oxygen atoms in total. The van der Waals surface area contributed by atoms with E-state index in [1.54, 1.807) is 6.92 Å². The van der Waals surface area contributed by atoms with E-state index >= 15 is 0 Å². The molecule has 1 spiro atoms. The molecule has 2 heterocycles. The summed E-state index contributed by atoms with van der Waals surface area (Å²) in [5.41, 5.74) is 0.899. The Labute approximate surface area is 219 Å². The predicted molar refractivity (Wildman–Crippen MR) is 140 cm³/mol. The van der Waals surface area contributed by atoms with Gasteiger partial charge in [-0.15, -0.1) is 0 Å². The first-order chi connectivity index (χ1) is 17.0. The lowest BCUT2D eigenvalue weighted by atomic mass is 9.44. The molecule has 0 unspecified atom stereocenters. The van der Waals surface area contributed by atoms with Crippen LogP contribution in [-0.2, 0) is 19.0 Å². The van der Waals surface area contributed by atoms with E-state index in [4.69, 9.17) is 9.47 Å². The lowest BCUT2D eigenvalue weighted by Crippen LogP contribution is -2.55. The molecule has 0 radical (unpaired) electrons. The molecule has 0 amide bonds. The number of aliphatic hydroxyl groups is 1. The summed E-state index contributed by atoms with van der Waals surface area (Å²) in [4.78, 5) is 9.82. The highest BCUT2D eigenvalue weighted by Gasteiger charge is 2.69. The van der Waals surface area contributed by atoms with E-state index in [0.717, 1.165) is 49.5 Å². The van der Waals surface area contributed by atoms with E-state index in [1.165, 1.54) is 51.9 Å². The van der Waals surface area contributed by atoms with E-state index in [1.807, 2.05) is 0 Å². The Hall–Kier alpha value is -0.650. The summed E-state index contributed by atoms with van der Waals surface area (Å²) in [6, 6.07) is 0. The van der Waals surface area contributed by atoms with Crippen molar-refractivity contribution in [3.8, 4) is 0 Å². The standard InChI is InChI=1S/C27H44O3.C4H8O2/c1-16-7-12-27(29-15-16)17(2)24-23(30-27)14-22-20-6-5-18-13-19(28)8-10-25(18,3)21(20)9-11-26(22,24)4;1-3-6-4(2)5/h16-24,28H,5-15H2,1-4H3;3H2,1-2H3/t16-,17-,18+,19-,20+,21-,22-,23-,24-,25-,26-,27+;/m0./s1. The van der Waals surface area contributed by atoms with Crippen molar-refractivity contribution < 1.29 is 24.1 Å². The fourth-order valence-electron chi connectivity index (χ4n) is 10.5. The highest BCUT2D eigenvalue weighted by Crippen LogP contribution is 2.71. The van der Waals surface area contributed by atoms with Crippen molar-refractivity contribution >= 4 is 5.97 Å². The second kappa shape index (κ2) is 9.83. The SMILES string of the molecule is CCOC(C)=O.C[C@H]1CC[C@@]2(OC1)O[C@H]1C[C@H]3[C@@H]4CC[C@@H]5C[C@@H](O)CC[C@]5(C)[C@H]4CC[C@]3(C)[C@H]1[C@@H]2C. The molecule has 2 aliphatic heterocycles. The zero-order valence-corrected chi connectivity index (χ0v) is 23.8. The molecule has 4 saturated carbocycles. The number of esters is 1. The number of rotatable bonds is 1. The first-order valence-corrected chi connectivity index (χ1v) is 15.2. The Balaban J connectivity index is 0.000000400. The average molecular weight is 505 g/mol. The largest absolute Gasteiger partial charge is 0.466 e. The van der Waals surface area contributed by atoms with Crippen LogP contribution in [0.2, 0.25) is 0 Å². The van der Waals surface area contributed by atoms with Gasteiger partial charge in [0.05, 0.1) is 25.4 Å². The minimum absolute atomic E-state index is 0.0389. The summed E-state index contributed by atoms with van der Waals surface area (Å²) in [5.74, 6) is 4.72. The van der Waals surface area contributed by atoms with Crippen molar-refractivity contribution in [2.45, 2.75) is 124 Å². The lowest BCUT2D eigenvalue weighted by Gasteiger charge is -2.61. The minimum Gasteiger partial charge on any atom is -0.466 e. The maximum atomic E-state index is 10.3. The van der Waals surface area contributed by atoms with Crippen LogP contribution in [0, 0.1) is 52.3 Å². The summed E-state index contributed by atoms with van der Waals surface area (Å²) in [6.45, 7) is 14.5. The number of hydrogen-bond acceptors (Lipinski definition) is 5. The number of ether oxygens (including phenoxy) is 3. The van der Waals surface area contributed by atoms with E-state index in [2.05, 4.69) is 32.4 Å². The van der Waals surface area contributed by atoms with Gasteiger partial charge in [0.25, 0.3) is 0 Å². The molecule has 6 aliphatic rings. The van der Waals surface area contributed by atoms with Gasteiger partial charge >= 0.3 is 5.97 Å². The summed E-state index contributed by atoms with van der Waals surface area (Å²) < 4.78 is 17.8. The molecule has 0 aromatic heterocycles. The van der Waals surface area contributed by atoms with Gasteiger partial charge in [-0.25, -0.2) is 0 Å². The van der Waals surface area contributed by atoms with Crippen LogP contribution in [0.4, 0.5) is 0 Å². The maximum Gasteiger partial charge on any atom is 0.302 e.